The third kappa shape index (κ3) is 2.01. The monoisotopic (exact) mass is 273 g/mol. The molecule has 2 aromatic heterocycles. The number of hydrogen-bond donors (Lipinski definition) is 1. The van der Waals surface area contributed by atoms with Gasteiger partial charge in [-0.25, -0.2) is 8.78 Å². The third-order valence-corrected chi connectivity index (χ3v) is 2.84. The zero-order valence-corrected chi connectivity index (χ0v) is 10.2. The van der Waals surface area contributed by atoms with Gasteiger partial charge in [-0.3, -0.25) is 4.98 Å². The molecular weight excluding hydrogens is 264 g/mol. The van der Waals surface area contributed by atoms with Crippen molar-refractivity contribution in [1.82, 2.24) is 10.1 Å². The van der Waals surface area contributed by atoms with Crippen molar-refractivity contribution in [2.45, 2.75) is 0 Å². The molecule has 0 aliphatic carbocycles. The second kappa shape index (κ2) is 4.73. The number of nitrogens with zero attached hydrogens (tertiary/aromatic N) is 2. The largest absolute Gasteiger partial charge is 0.380 e. The van der Waals surface area contributed by atoms with E-state index in [0.717, 1.165) is 12.1 Å². The highest BCUT2D eigenvalue weighted by molar-refractivity contribution is 5.86. The highest BCUT2D eigenvalue weighted by Gasteiger charge is 2.20. The van der Waals surface area contributed by atoms with E-state index in [1.54, 1.807) is 24.5 Å². The Balaban J connectivity index is 2.22. The molecule has 20 heavy (non-hydrogen) atoms. The van der Waals surface area contributed by atoms with Crippen LogP contribution in [0.5, 0.6) is 0 Å². The number of nitrogen functional groups attached to an aromatic ring is 1. The fourth-order valence-corrected chi connectivity index (χ4v) is 1.95. The van der Waals surface area contributed by atoms with E-state index in [1.165, 1.54) is 6.07 Å². The van der Waals surface area contributed by atoms with Gasteiger partial charge in [-0.15, -0.1) is 0 Å². The first-order valence-corrected chi connectivity index (χ1v) is 5.78. The fourth-order valence-electron chi connectivity index (χ4n) is 1.95. The minimum Gasteiger partial charge on any atom is -0.380 e. The molecule has 6 heteroatoms. The average Bonchev–Trinajstić information content (AvgIpc) is 2.82. The van der Waals surface area contributed by atoms with Crippen molar-refractivity contribution in [3.8, 4) is 22.5 Å². The lowest BCUT2D eigenvalue weighted by molar-refractivity contribution is 0.436. The van der Waals surface area contributed by atoms with Gasteiger partial charge in [0.05, 0.1) is 5.56 Å². The van der Waals surface area contributed by atoms with Gasteiger partial charge in [-0.2, -0.15) is 0 Å². The number of nitrogens with two attached hydrogens (primary N) is 1. The number of benzene rings is 1. The van der Waals surface area contributed by atoms with Crippen molar-refractivity contribution < 1.29 is 13.3 Å². The molecule has 2 N–H and O–H groups in total. The number of aromatic nitrogens is 2. The molecule has 0 saturated carbocycles. The summed E-state index contributed by atoms with van der Waals surface area (Å²) in [6.07, 6.45) is 3.15. The van der Waals surface area contributed by atoms with E-state index in [-0.39, 0.29) is 16.9 Å². The molecule has 0 saturated heterocycles. The van der Waals surface area contributed by atoms with Crippen LogP contribution in [0.15, 0.2) is 47.2 Å². The van der Waals surface area contributed by atoms with Gasteiger partial charge in [0, 0.05) is 29.6 Å². The lowest BCUT2D eigenvalue weighted by Gasteiger charge is -2.04. The SMILES string of the molecule is Nc1noc(-c2cccnc2)c1-c1ccc(F)cc1F. The quantitative estimate of drug-likeness (QED) is 0.778. The Labute approximate surface area is 112 Å². The number of hydrogen-bond acceptors (Lipinski definition) is 4. The molecule has 0 fully saturated rings. The smallest absolute Gasteiger partial charge is 0.178 e. The third-order valence-electron chi connectivity index (χ3n) is 2.84. The topological polar surface area (TPSA) is 64.9 Å². The van der Waals surface area contributed by atoms with Gasteiger partial charge in [0.25, 0.3) is 0 Å². The van der Waals surface area contributed by atoms with Crippen LogP contribution in [0, 0.1) is 11.6 Å². The Morgan fingerprint density at radius 3 is 2.70 bits per heavy atom. The summed E-state index contributed by atoms with van der Waals surface area (Å²) in [6, 6.07) is 6.68. The van der Waals surface area contributed by atoms with Gasteiger partial charge in [0.15, 0.2) is 11.6 Å². The number of pyridine rings is 1. The molecule has 0 unspecified atom stereocenters. The highest BCUT2D eigenvalue weighted by Crippen LogP contribution is 2.37. The summed E-state index contributed by atoms with van der Waals surface area (Å²) in [5.41, 5.74) is 6.76. The van der Waals surface area contributed by atoms with Crippen LogP contribution >= 0.6 is 0 Å². The van der Waals surface area contributed by atoms with E-state index in [2.05, 4.69) is 10.1 Å². The molecule has 0 bridgehead atoms. The molecule has 0 aliphatic heterocycles. The first-order chi connectivity index (χ1) is 9.66. The maximum Gasteiger partial charge on any atom is 0.178 e. The molecule has 0 aliphatic rings. The van der Waals surface area contributed by atoms with Crippen LogP contribution in [-0.4, -0.2) is 10.1 Å². The van der Waals surface area contributed by atoms with E-state index in [1.807, 2.05) is 0 Å². The van der Waals surface area contributed by atoms with Gasteiger partial charge >= 0.3 is 0 Å². The molecule has 0 spiro atoms. The van der Waals surface area contributed by atoms with Gasteiger partial charge in [-0.05, 0) is 24.3 Å². The van der Waals surface area contributed by atoms with E-state index in [9.17, 15) is 8.78 Å². The maximum atomic E-state index is 13.9. The van der Waals surface area contributed by atoms with E-state index >= 15 is 0 Å². The molecule has 0 atom stereocenters. The standard InChI is InChI=1S/C14H9F2N3O/c15-9-3-4-10(11(16)6-9)12-13(20-19-14(12)17)8-2-1-5-18-7-8/h1-7H,(H2,17,19). The zero-order valence-electron chi connectivity index (χ0n) is 10.2. The lowest BCUT2D eigenvalue weighted by atomic mass is 10.0. The molecule has 0 radical (unpaired) electrons. The van der Waals surface area contributed by atoms with Gasteiger partial charge in [0.2, 0.25) is 0 Å². The summed E-state index contributed by atoms with van der Waals surface area (Å²) < 4.78 is 32.0. The van der Waals surface area contributed by atoms with Crippen LogP contribution in [0.2, 0.25) is 0 Å². The normalized spacial score (nSPS) is 10.7. The summed E-state index contributed by atoms with van der Waals surface area (Å²) in [6.45, 7) is 0. The first-order valence-electron chi connectivity index (χ1n) is 5.78. The Morgan fingerprint density at radius 1 is 1.15 bits per heavy atom. The molecule has 3 rings (SSSR count). The molecule has 3 aromatic rings. The van der Waals surface area contributed by atoms with Gasteiger partial charge in [-0.1, -0.05) is 5.16 Å². The Hall–Kier alpha value is -2.76. The van der Waals surface area contributed by atoms with E-state index in [4.69, 9.17) is 10.3 Å². The highest BCUT2D eigenvalue weighted by atomic mass is 19.1. The van der Waals surface area contributed by atoms with Gasteiger partial charge < -0.3 is 10.3 Å². The zero-order chi connectivity index (χ0) is 14.1. The molecule has 0 amide bonds. The maximum absolute atomic E-state index is 13.9. The number of halogens is 2. The Kier molecular flexibility index (Phi) is 2.90. The summed E-state index contributed by atoms with van der Waals surface area (Å²) >= 11 is 0. The predicted molar refractivity (Wildman–Crippen MR) is 69.5 cm³/mol. The molecule has 100 valence electrons. The van der Waals surface area contributed by atoms with Crippen LogP contribution in [0.3, 0.4) is 0 Å². The Bertz CT molecular complexity index is 756. The van der Waals surface area contributed by atoms with Crippen LogP contribution in [0.4, 0.5) is 14.6 Å². The average molecular weight is 273 g/mol. The van der Waals surface area contributed by atoms with Gasteiger partial charge in [0.1, 0.15) is 11.6 Å². The van der Waals surface area contributed by atoms with Crippen LogP contribution < -0.4 is 5.73 Å². The van der Waals surface area contributed by atoms with Crippen LogP contribution in [0.1, 0.15) is 0 Å². The minimum absolute atomic E-state index is 0.0364. The summed E-state index contributed by atoms with van der Waals surface area (Å²) in [4.78, 5) is 3.96. The molecule has 2 heterocycles. The Morgan fingerprint density at radius 2 is 2.00 bits per heavy atom. The second-order valence-electron chi connectivity index (χ2n) is 4.14. The van der Waals surface area contributed by atoms with E-state index < -0.39 is 11.6 Å². The van der Waals surface area contributed by atoms with Crippen molar-refractivity contribution >= 4 is 5.82 Å². The van der Waals surface area contributed by atoms with Crippen LogP contribution in [0.25, 0.3) is 22.5 Å². The minimum atomic E-state index is -0.731. The summed E-state index contributed by atoms with van der Waals surface area (Å²) in [5, 5.41) is 3.65. The summed E-state index contributed by atoms with van der Waals surface area (Å²) in [5.74, 6) is -1.07. The molecular formula is C14H9F2N3O. The second-order valence-corrected chi connectivity index (χ2v) is 4.14. The van der Waals surface area contributed by atoms with Crippen LogP contribution in [-0.2, 0) is 0 Å². The van der Waals surface area contributed by atoms with Crippen molar-refractivity contribution in [2.24, 2.45) is 0 Å². The lowest BCUT2D eigenvalue weighted by Crippen LogP contribution is -1.92. The van der Waals surface area contributed by atoms with Crippen molar-refractivity contribution in [3.63, 3.8) is 0 Å². The van der Waals surface area contributed by atoms with E-state index in [0.29, 0.717) is 11.3 Å². The van der Waals surface area contributed by atoms with Crippen molar-refractivity contribution in [2.75, 3.05) is 5.73 Å². The first kappa shape index (κ1) is 12.3. The number of anilines is 1. The van der Waals surface area contributed by atoms with Crippen molar-refractivity contribution in [3.05, 3.63) is 54.4 Å². The molecule has 1 aromatic carbocycles. The van der Waals surface area contributed by atoms with Crippen molar-refractivity contribution in [1.29, 1.82) is 0 Å². The number of rotatable bonds is 2. The summed E-state index contributed by atoms with van der Waals surface area (Å²) in [7, 11) is 0. The fraction of sp³-hybridized carbons (Fsp3) is 0. The molecule has 4 nitrogen and oxygen atoms in total. The predicted octanol–water partition coefficient (Wildman–Crippen LogP) is 3.26.